The first kappa shape index (κ1) is 25.1. The van der Waals surface area contributed by atoms with Gasteiger partial charge in [-0.15, -0.1) is 0 Å². The standard InChI is InChI=1S/C27H30FN5O3/c1-4-12-33-25(35)23-22(24(34)29-15-20-6-5-7-21(28)13-20)31-17-32(23)16-27(33,3)26(36)30-14-19-10-8-18(2)9-11-19/h5-11,13,17H,4,12,14-16H2,1-3H3,(H,29,34)(H,30,36)/t27-/m0/s1. The van der Waals surface area contributed by atoms with Gasteiger partial charge in [-0.05, 0) is 43.5 Å². The molecule has 0 saturated heterocycles. The van der Waals surface area contributed by atoms with Gasteiger partial charge in [0.25, 0.3) is 11.8 Å². The molecule has 0 radical (unpaired) electrons. The lowest BCUT2D eigenvalue weighted by Gasteiger charge is -2.43. The first-order valence-electron chi connectivity index (χ1n) is 12.0. The van der Waals surface area contributed by atoms with Gasteiger partial charge in [-0.2, -0.15) is 0 Å². The van der Waals surface area contributed by atoms with Crippen molar-refractivity contribution in [2.75, 3.05) is 6.54 Å². The van der Waals surface area contributed by atoms with E-state index in [0.717, 1.165) is 11.1 Å². The van der Waals surface area contributed by atoms with Crippen LogP contribution in [0.5, 0.6) is 0 Å². The van der Waals surface area contributed by atoms with Gasteiger partial charge in [0.05, 0.1) is 12.9 Å². The van der Waals surface area contributed by atoms with E-state index in [2.05, 4.69) is 15.6 Å². The van der Waals surface area contributed by atoms with Crippen molar-refractivity contribution < 1.29 is 18.8 Å². The number of nitrogens with zero attached hydrogens (tertiary/aromatic N) is 3. The number of rotatable bonds is 8. The van der Waals surface area contributed by atoms with E-state index in [4.69, 9.17) is 0 Å². The first-order valence-corrected chi connectivity index (χ1v) is 12.0. The zero-order valence-electron chi connectivity index (χ0n) is 20.7. The summed E-state index contributed by atoms with van der Waals surface area (Å²) in [5.41, 5.74) is 1.66. The molecule has 188 valence electrons. The van der Waals surface area contributed by atoms with E-state index in [9.17, 15) is 18.8 Å². The van der Waals surface area contributed by atoms with Crippen LogP contribution in [0.4, 0.5) is 4.39 Å². The molecular weight excluding hydrogens is 461 g/mol. The van der Waals surface area contributed by atoms with Gasteiger partial charge >= 0.3 is 0 Å². The molecule has 0 aliphatic carbocycles. The number of imidazole rings is 1. The van der Waals surface area contributed by atoms with Crippen molar-refractivity contribution in [3.05, 3.63) is 88.8 Å². The van der Waals surface area contributed by atoms with Crippen LogP contribution in [0.2, 0.25) is 0 Å². The molecule has 8 nitrogen and oxygen atoms in total. The van der Waals surface area contributed by atoms with Crippen molar-refractivity contribution in [1.29, 1.82) is 0 Å². The van der Waals surface area contributed by atoms with Gasteiger partial charge in [-0.1, -0.05) is 48.9 Å². The Morgan fingerprint density at radius 2 is 1.81 bits per heavy atom. The minimum atomic E-state index is -1.15. The van der Waals surface area contributed by atoms with Crippen LogP contribution in [0.25, 0.3) is 0 Å². The Morgan fingerprint density at radius 3 is 2.50 bits per heavy atom. The summed E-state index contributed by atoms with van der Waals surface area (Å²) in [6.45, 7) is 6.61. The summed E-state index contributed by atoms with van der Waals surface area (Å²) in [5, 5.41) is 5.67. The van der Waals surface area contributed by atoms with Crippen molar-refractivity contribution in [2.45, 2.75) is 52.4 Å². The number of amides is 3. The predicted octanol–water partition coefficient (Wildman–Crippen LogP) is 3.20. The highest BCUT2D eigenvalue weighted by Crippen LogP contribution is 2.29. The van der Waals surface area contributed by atoms with Crippen LogP contribution in [0.15, 0.2) is 54.9 Å². The van der Waals surface area contributed by atoms with Gasteiger partial charge in [-0.25, -0.2) is 9.37 Å². The Kier molecular flexibility index (Phi) is 7.19. The Labute approximate surface area is 209 Å². The zero-order valence-corrected chi connectivity index (χ0v) is 20.7. The van der Waals surface area contributed by atoms with Crippen molar-refractivity contribution in [1.82, 2.24) is 25.1 Å². The molecule has 1 atom stereocenters. The molecule has 3 amide bonds. The second-order valence-electron chi connectivity index (χ2n) is 9.28. The van der Waals surface area contributed by atoms with Crippen LogP contribution in [-0.2, 0) is 24.4 Å². The summed E-state index contributed by atoms with van der Waals surface area (Å²) < 4.78 is 15.0. The van der Waals surface area contributed by atoms with Gasteiger partial charge in [-0.3, -0.25) is 14.4 Å². The summed E-state index contributed by atoms with van der Waals surface area (Å²) in [6, 6.07) is 13.8. The van der Waals surface area contributed by atoms with E-state index in [1.807, 2.05) is 38.1 Å². The molecule has 1 aliphatic rings. The predicted molar refractivity (Wildman–Crippen MR) is 133 cm³/mol. The number of hydrogen-bond donors (Lipinski definition) is 2. The quantitative estimate of drug-likeness (QED) is 0.506. The Hall–Kier alpha value is -4.01. The molecule has 3 aromatic rings. The summed E-state index contributed by atoms with van der Waals surface area (Å²) >= 11 is 0. The first-order chi connectivity index (χ1) is 17.2. The van der Waals surface area contributed by atoms with Crippen molar-refractivity contribution in [2.24, 2.45) is 0 Å². The fourth-order valence-corrected chi connectivity index (χ4v) is 4.42. The third-order valence-corrected chi connectivity index (χ3v) is 6.43. The van der Waals surface area contributed by atoms with Crippen LogP contribution >= 0.6 is 0 Å². The summed E-state index contributed by atoms with van der Waals surface area (Å²) in [7, 11) is 0. The number of carbonyl (C=O) groups excluding carboxylic acids is 3. The van der Waals surface area contributed by atoms with Crippen LogP contribution in [0.3, 0.4) is 0 Å². The molecule has 0 saturated carbocycles. The molecule has 36 heavy (non-hydrogen) atoms. The average molecular weight is 492 g/mol. The van der Waals surface area contributed by atoms with Crippen molar-refractivity contribution in [3.63, 3.8) is 0 Å². The van der Waals surface area contributed by atoms with Crippen molar-refractivity contribution in [3.8, 4) is 0 Å². The van der Waals surface area contributed by atoms with Gasteiger partial charge < -0.3 is 20.1 Å². The number of carbonyl (C=O) groups is 3. The van der Waals surface area contributed by atoms with E-state index in [0.29, 0.717) is 25.1 Å². The minimum Gasteiger partial charge on any atom is -0.350 e. The third-order valence-electron chi connectivity index (χ3n) is 6.43. The molecule has 2 heterocycles. The molecule has 9 heteroatoms. The maximum absolute atomic E-state index is 13.6. The fraction of sp³-hybridized carbons (Fsp3) is 0.333. The molecule has 1 aliphatic heterocycles. The van der Waals surface area contributed by atoms with Crippen LogP contribution in [0, 0.1) is 12.7 Å². The van der Waals surface area contributed by atoms with Gasteiger partial charge in [0.2, 0.25) is 5.91 Å². The number of benzene rings is 2. The van der Waals surface area contributed by atoms with Gasteiger partial charge in [0.1, 0.15) is 17.1 Å². The Morgan fingerprint density at radius 1 is 1.08 bits per heavy atom. The number of fused-ring (bicyclic) bond motifs is 1. The number of aryl methyl sites for hydroxylation is 1. The lowest BCUT2D eigenvalue weighted by molar-refractivity contribution is -0.133. The summed E-state index contributed by atoms with van der Waals surface area (Å²) in [5.74, 6) is -1.64. The molecule has 2 N–H and O–H groups in total. The monoisotopic (exact) mass is 491 g/mol. The van der Waals surface area contributed by atoms with Crippen LogP contribution < -0.4 is 10.6 Å². The van der Waals surface area contributed by atoms with Crippen molar-refractivity contribution >= 4 is 17.7 Å². The lowest BCUT2D eigenvalue weighted by Crippen LogP contribution is -2.64. The van der Waals surface area contributed by atoms with E-state index < -0.39 is 23.2 Å². The van der Waals surface area contributed by atoms with Crippen LogP contribution in [-0.4, -0.2) is 44.3 Å². The molecule has 2 aromatic carbocycles. The Bertz CT molecular complexity index is 1290. The Balaban J connectivity index is 1.53. The normalized spacial score (nSPS) is 17.0. The molecule has 0 bridgehead atoms. The molecule has 0 unspecified atom stereocenters. The molecule has 0 spiro atoms. The molecule has 4 rings (SSSR count). The van der Waals surface area contributed by atoms with E-state index >= 15 is 0 Å². The van der Waals surface area contributed by atoms with E-state index in [-0.39, 0.29) is 30.4 Å². The number of aromatic nitrogens is 2. The maximum atomic E-state index is 13.6. The minimum absolute atomic E-state index is 0.0142. The number of hydrogen-bond acceptors (Lipinski definition) is 4. The van der Waals surface area contributed by atoms with Gasteiger partial charge in [0.15, 0.2) is 5.69 Å². The molecule has 0 fully saturated rings. The van der Waals surface area contributed by atoms with Crippen LogP contribution in [0.1, 0.15) is 57.9 Å². The topological polar surface area (TPSA) is 96.3 Å². The third kappa shape index (κ3) is 5.00. The average Bonchev–Trinajstić information content (AvgIpc) is 3.28. The summed E-state index contributed by atoms with van der Waals surface area (Å²) in [4.78, 5) is 45.6. The molecule has 1 aromatic heterocycles. The molecular formula is C27H30FN5O3. The van der Waals surface area contributed by atoms with Gasteiger partial charge in [0, 0.05) is 19.6 Å². The lowest BCUT2D eigenvalue weighted by atomic mass is 9.93. The second-order valence-corrected chi connectivity index (χ2v) is 9.28. The largest absolute Gasteiger partial charge is 0.350 e. The SMILES string of the molecule is CCCN1C(=O)c2c(C(=O)NCc3cccc(F)c3)ncn2C[C@@]1(C)C(=O)NCc1ccc(C)cc1. The summed E-state index contributed by atoms with van der Waals surface area (Å²) in [6.07, 6.45) is 2.06. The highest BCUT2D eigenvalue weighted by molar-refractivity contribution is 6.07. The number of nitrogens with one attached hydrogen (secondary N) is 2. The highest BCUT2D eigenvalue weighted by Gasteiger charge is 2.48. The fourth-order valence-electron chi connectivity index (χ4n) is 4.42. The maximum Gasteiger partial charge on any atom is 0.273 e. The highest BCUT2D eigenvalue weighted by atomic mass is 19.1. The smallest absolute Gasteiger partial charge is 0.273 e. The number of halogens is 1. The second kappa shape index (κ2) is 10.3. The van der Waals surface area contributed by atoms with E-state index in [1.54, 1.807) is 23.6 Å². The van der Waals surface area contributed by atoms with E-state index in [1.165, 1.54) is 23.4 Å². The zero-order chi connectivity index (χ0) is 25.9.